The monoisotopic (exact) mass is 287 g/mol. The molecular weight excluding hydrogens is 262 g/mol. The van der Waals surface area contributed by atoms with Crippen LogP contribution >= 0.6 is 0 Å². The van der Waals surface area contributed by atoms with Crippen molar-refractivity contribution in [1.82, 2.24) is 10.2 Å². The molecule has 1 heterocycles. The van der Waals surface area contributed by atoms with E-state index in [2.05, 4.69) is 16.3 Å². The normalized spacial score (nSPS) is 21.9. The number of likely N-dealkylation sites (tertiary alicyclic amines) is 1. The highest BCUT2D eigenvalue weighted by Gasteiger charge is 2.32. The SMILES string of the molecule is CCNC(C#N)(CCN1CCC(OC)C1)c1ccccc1. The van der Waals surface area contributed by atoms with Crippen LogP contribution in [0.25, 0.3) is 0 Å². The van der Waals surface area contributed by atoms with Crippen LogP contribution in [0.4, 0.5) is 0 Å². The summed E-state index contributed by atoms with van der Waals surface area (Å²) in [7, 11) is 1.77. The van der Waals surface area contributed by atoms with Gasteiger partial charge in [0, 0.05) is 26.7 Å². The maximum absolute atomic E-state index is 9.78. The third-order valence-corrected chi connectivity index (χ3v) is 4.30. The molecule has 1 aliphatic heterocycles. The molecule has 21 heavy (non-hydrogen) atoms. The fourth-order valence-electron chi connectivity index (χ4n) is 3.04. The standard InChI is InChI=1S/C17H25N3O/c1-3-19-17(14-18,15-7-5-4-6-8-15)10-12-20-11-9-16(13-20)21-2/h4-8,16,19H,3,9-13H2,1-2H3. The first-order chi connectivity index (χ1) is 10.2. The summed E-state index contributed by atoms with van der Waals surface area (Å²) in [4.78, 5) is 2.39. The fraction of sp³-hybridized carbons (Fsp3) is 0.588. The summed E-state index contributed by atoms with van der Waals surface area (Å²) in [6, 6.07) is 12.6. The summed E-state index contributed by atoms with van der Waals surface area (Å²) in [6.45, 7) is 5.77. The Labute approximate surface area is 127 Å². The highest BCUT2D eigenvalue weighted by Crippen LogP contribution is 2.25. The lowest BCUT2D eigenvalue weighted by Crippen LogP contribution is -2.43. The number of ether oxygens (including phenoxy) is 1. The molecule has 1 aromatic rings. The average Bonchev–Trinajstić information content (AvgIpc) is 3.00. The molecule has 1 N–H and O–H groups in total. The van der Waals surface area contributed by atoms with Crippen LogP contribution in [0.1, 0.15) is 25.3 Å². The molecule has 2 rings (SSSR count). The van der Waals surface area contributed by atoms with E-state index in [1.165, 1.54) is 0 Å². The molecule has 0 aromatic heterocycles. The zero-order valence-electron chi connectivity index (χ0n) is 13.0. The molecule has 2 atom stereocenters. The van der Waals surface area contributed by atoms with E-state index in [4.69, 9.17) is 4.74 Å². The van der Waals surface area contributed by atoms with Gasteiger partial charge in [-0.1, -0.05) is 37.3 Å². The molecule has 0 spiro atoms. The molecule has 0 amide bonds. The van der Waals surface area contributed by atoms with Crippen molar-refractivity contribution < 1.29 is 4.74 Å². The highest BCUT2D eigenvalue weighted by molar-refractivity contribution is 5.31. The zero-order valence-corrected chi connectivity index (χ0v) is 13.0. The van der Waals surface area contributed by atoms with Gasteiger partial charge in [0.05, 0.1) is 12.2 Å². The first-order valence-corrected chi connectivity index (χ1v) is 7.71. The Balaban J connectivity index is 2.05. The molecule has 1 saturated heterocycles. The summed E-state index contributed by atoms with van der Waals surface area (Å²) in [5.41, 5.74) is 0.457. The van der Waals surface area contributed by atoms with Crippen molar-refractivity contribution in [3.05, 3.63) is 35.9 Å². The second-order valence-electron chi connectivity index (χ2n) is 5.61. The quantitative estimate of drug-likeness (QED) is 0.834. The molecule has 0 radical (unpaired) electrons. The molecule has 1 aromatic carbocycles. The smallest absolute Gasteiger partial charge is 0.133 e. The predicted molar refractivity (Wildman–Crippen MR) is 83.9 cm³/mol. The van der Waals surface area contributed by atoms with Crippen LogP contribution in [-0.2, 0) is 10.3 Å². The molecule has 1 aliphatic rings. The summed E-state index contributed by atoms with van der Waals surface area (Å²) >= 11 is 0. The van der Waals surface area contributed by atoms with Crippen molar-refractivity contribution in [2.24, 2.45) is 0 Å². The second kappa shape index (κ2) is 7.56. The molecule has 4 nitrogen and oxygen atoms in total. The Morgan fingerprint density at radius 3 is 2.76 bits per heavy atom. The van der Waals surface area contributed by atoms with Crippen LogP contribution in [0.15, 0.2) is 30.3 Å². The minimum Gasteiger partial charge on any atom is -0.380 e. The number of methoxy groups -OCH3 is 1. The van der Waals surface area contributed by atoms with Gasteiger partial charge in [-0.2, -0.15) is 5.26 Å². The van der Waals surface area contributed by atoms with Crippen molar-refractivity contribution in [1.29, 1.82) is 5.26 Å². The lowest BCUT2D eigenvalue weighted by Gasteiger charge is -2.30. The maximum atomic E-state index is 9.78. The van der Waals surface area contributed by atoms with Crippen molar-refractivity contribution in [3.63, 3.8) is 0 Å². The van der Waals surface area contributed by atoms with Crippen LogP contribution < -0.4 is 5.32 Å². The maximum Gasteiger partial charge on any atom is 0.133 e. The largest absolute Gasteiger partial charge is 0.380 e. The summed E-state index contributed by atoms with van der Waals surface area (Å²) in [5.74, 6) is 0. The first-order valence-electron chi connectivity index (χ1n) is 7.71. The predicted octanol–water partition coefficient (Wildman–Crippen LogP) is 2.13. The average molecular weight is 287 g/mol. The van der Waals surface area contributed by atoms with Crippen LogP contribution in [0.2, 0.25) is 0 Å². The van der Waals surface area contributed by atoms with E-state index in [0.717, 1.165) is 44.6 Å². The molecule has 2 unspecified atom stereocenters. The summed E-state index contributed by atoms with van der Waals surface area (Å²) < 4.78 is 5.41. The third kappa shape index (κ3) is 3.82. The second-order valence-corrected chi connectivity index (χ2v) is 5.61. The Hall–Kier alpha value is -1.41. The Morgan fingerprint density at radius 2 is 2.19 bits per heavy atom. The van der Waals surface area contributed by atoms with E-state index in [9.17, 15) is 5.26 Å². The van der Waals surface area contributed by atoms with Crippen LogP contribution in [0.3, 0.4) is 0 Å². The molecule has 1 fully saturated rings. The topological polar surface area (TPSA) is 48.3 Å². The Kier molecular flexibility index (Phi) is 5.75. The molecule has 0 aliphatic carbocycles. The van der Waals surface area contributed by atoms with E-state index in [1.807, 2.05) is 37.3 Å². The molecular formula is C17H25N3O. The number of nitrogens with one attached hydrogen (secondary N) is 1. The number of benzene rings is 1. The van der Waals surface area contributed by atoms with Crippen LogP contribution in [0, 0.1) is 11.3 Å². The van der Waals surface area contributed by atoms with E-state index in [-0.39, 0.29) is 0 Å². The lowest BCUT2D eigenvalue weighted by molar-refractivity contribution is 0.107. The highest BCUT2D eigenvalue weighted by atomic mass is 16.5. The lowest BCUT2D eigenvalue weighted by atomic mass is 9.87. The van der Waals surface area contributed by atoms with Gasteiger partial charge in [0.2, 0.25) is 0 Å². The van der Waals surface area contributed by atoms with Gasteiger partial charge in [-0.05, 0) is 24.9 Å². The first kappa shape index (κ1) is 16.0. The Morgan fingerprint density at radius 1 is 1.43 bits per heavy atom. The van der Waals surface area contributed by atoms with Gasteiger partial charge in [-0.15, -0.1) is 0 Å². The number of nitriles is 1. The minimum atomic E-state index is -0.596. The van der Waals surface area contributed by atoms with Gasteiger partial charge < -0.3 is 9.64 Å². The van der Waals surface area contributed by atoms with Gasteiger partial charge in [0.25, 0.3) is 0 Å². The number of hydrogen-bond donors (Lipinski definition) is 1. The van der Waals surface area contributed by atoms with Gasteiger partial charge in [0.15, 0.2) is 0 Å². The van der Waals surface area contributed by atoms with Gasteiger partial charge >= 0.3 is 0 Å². The van der Waals surface area contributed by atoms with Gasteiger partial charge in [-0.3, -0.25) is 5.32 Å². The van der Waals surface area contributed by atoms with Crippen molar-refractivity contribution in [3.8, 4) is 6.07 Å². The van der Waals surface area contributed by atoms with Gasteiger partial charge in [0.1, 0.15) is 5.54 Å². The zero-order chi connectivity index (χ0) is 15.1. The van der Waals surface area contributed by atoms with Crippen molar-refractivity contribution in [2.45, 2.75) is 31.4 Å². The van der Waals surface area contributed by atoms with Crippen LogP contribution in [-0.4, -0.2) is 44.3 Å². The van der Waals surface area contributed by atoms with Crippen molar-refractivity contribution in [2.75, 3.05) is 33.3 Å². The molecule has 4 heteroatoms. The minimum absolute atomic E-state index is 0.345. The third-order valence-electron chi connectivity index (χ3n) is 4.30. The Bertz CT molecular complexity index is 471. The molecule has 114 valence electrons. The number of nitrogens with zero attached hydrogens (tertiary/aromatic N) is 2. The van der Waals surface area contributed by atoms with Gasteiger partial charge in [-0.25, -0.2) is 0 Å². The van der Waals surface area contributed by atoms with E-state index in [1.54, 1.807) is 7.11 Å². The summed E-state index contributed by atoms with van der Waals surface area (Å²) in [6.07, 6.45) is 2.22. The molecule has 0 saturated carbocycles. The van der Waals surface area contributed by atoms with E-state index >= 15 is 0 Å². The van der Waals surface area contributed by atoms with E-state index in [0.29, 0.717) is 6.10 Å². The molecule has 0 bridgehead atoms. The summed E-state index contributed by atoms with van der Waals surface area (Å²) in [5, 5.41) is 13.2. The van der Waals surface area contributed by atoms with E-state index < -0.39 is 5.54 Å². The van der Waals surface area contributed by atoms with Crippen LogP contribution in [0.5, 0.6) is 0 Å². The fourth-order valence-corrected chi connectivity index (χ4v) is 3.04. The number of rotatable bonds is 7. The van der Waals surface area contributed by atoms with Crippen molar-refractivity contribution >= 4 is 0 Å². The number of hydrogen-bond acceptors (Lipinski definition) is 4.